The molecule has 1 aromatic rings. The van der Waals surface area contributed by atoms with Crippen LogP contribution in [0.25, 0.3) is 0 Å². The van der Waals surface area contributed by atoms with Crippen LogP contribution in [0.1, 0.15) is 26.3 Å². The van der Waals surface area contributed by atoms with E-state index in [0.717, 1.165) is 12.1 Å². The summed E-state index contributed by atoms with van der Waals surface area (Å²) in [5, 5.41) is 0. The number of carbonyl (C=O) groups excluding carboxylic acids is 1. The van der Waals surface area contributed by atoms with E-state index in [1.807, 2.05) is 4.90 Å². The van der Waals surface area contributed by atoms with Gasteiger partial charge in [0.1, 0.15) is 5.60 Å². The first-order chi connectivity index (χ1) is 11.0. The molecule has 1 saturated heterocycles. The number of anilines is 1. The van der Waals surface area contributed by atoms with E-state index in [1.54, 1.807) is 25.7 Å². The zero-order chi connectivity index (χ0) is 18.1. The van der Waals surface area contributed by atoms with Gasteiger partial charge in [0.15, 0.2) is 0 Å². The second-order valence-electron chi connectivity index (χ2n) is 6.62. The molecule has 0 saturated carbocycles. The Hall–Kier alpha value is -1.44. The highest BCUT2D eigenvalue weighted by Gasteiger charge is 2.32. The molecule has 1 heterocycles. The van der Waals surface area contributed by atoms with Crippen LogP contribution < -0.4 is 4.90 Å². The first kappa shape index (κ1) is 18.9. The van der Waals surface area contributed by atoms with Crippen LogP contribution in [0.5, 0.6) is 0 Å². The lowest BCUT2D eigenvalue weighted by Crippen LogP contribution is -2.50. The molecular weight excluding hydrogens is 389 g/mol. The molecule has 1 amide bonds. The monoisotopic (exact) mass is 408 g/mol. The number of piperazine rings is 1. The van der Waals surface area contributed by atoms with Crippen LogP contribution in [0.2, 0.25) is 0 Å². The van der Waals surface area contributed by atoms with Gasteiger partial charge >= 0.3 is 12.3 Å². The van der Waals surface area contributed by atoms with Gasteiger partial charge in [-0.1, -0.05) is 0 Å². The summed E-state index contributed by atoms with van der Waals surface area (Å²) >= 11 is 3.30. The third-order valence-electron chi connectivity index (χ3n) is 3.55. The lowest BCUT2D eigenvalue weighted by molar-refractivity contribution is -0.137. The molecule has 4 nitrogen and oxygen atoms in total. The highest BCUT2D eigenvalue weighted by Crippen LogP contribution is 2.35. The number of nitrogens with zero attached hydrogens (tertiary/aromatic N) is 2. The van der Waals surface area contributed by atoms with Gasteiger partial charge in [-0.25, -0.2) is 4.79 Å². The van der Waals surface area contributed by atoms with Crippen molar-refractivity contribution < 1.29 is 22.7 Å². The first-order valence-corrected chi connectivity index (χ1v) is 8.36. The number of ether oxygens (including phenoxy) is 1. The maximum absolute atomic E-state index is 12.9. The van der Waals surface area contributed by atoms with Gasteiger partial charge in [-0.15, -0.1) is 0 Å². The van der Waals surface area contributed by atoms with E-state index in [2.05, 4.69) is 15.9 Å². The number of rotatable bonds is 1. The van der Waals surface area contributed by atoms with Crippen molar-refractivity contribution in [2.45, 2.75) is 32.5 Å². The Morgan fingerprint density at radius 3 is 2.21 bits per heavy atom. The standard InChI is InChI=1S/C16H20BrF3N2O2/c1-15(2,3)24-14(23)22-8-6-21(7-9-22)13-10-11(16(18,19)20)4-5-12(13)17/h4-5,10H,6-9H2,1-3H3. The summed E-state index contributed by atoms with van der Waals surface area (Å²) in [5.41, 5.74) is -0.776. The number of halogens is 4. The molecule has 0 atom stereocenters. The van der Waals surface area contributed by atoms with Gasteiger partial charge in [-0.3, -0.25) is 0 Å². The molecule has 0 radical (unpaired) electrons. The van der Waals surface area contributed by atoms with Crippen molar-refractivity contribution in [3.05, 3.63) is 28.2 Å². The average Bonchev–Trinajstić information content (AvgIpc) is 2.45. The minimum atomic E-state index is -4.38. The summed E-state index contributed by atoms with van der Waals surface area (Å²) in [6, 6.07) is 3.58. The fourth-order valence-corrected chi connectivity index (χ4v) is 2.89. The fraction of sp³-hybridized carbons (Fsp3) is 0.562. The van der Waals surface area contributed by atoms with E-state index in [-0.39, 0.29) is 0 Å². The highest BCUT2D eigenvalue weighted by molar-refractivity contribution is 9.10. The minimum absolute atomic E-state index is 0.398. The van der Waals surface area contributed by atoms with Crippen LogP contribution in [0.15, 0.2) is 22.7 Å². The predicted molar refractivity (Wildman–Crippen MR) is 89.2 cm³/mol. The lowest BCUT2D eigenvalue weighted by Gasteiger charge is -2.37. The molecule has 1 fully saturated rings. The maximum atomic E-state index is 12.9. The van der Waals surface area contributed by atoms with Gasteiger partial charge < -0.3 is 14.5 Å². The Labute approximate surface area is 147 Å². The Balaban J connectivity index is 2.06. The van der Waals surface area contributed by atoms with Crippen molar-refractivity contribution in [1.29, 1.82) is 0 Å². The molecule has 0 aliphatic carbocycles. The zero-order valence-corrected chi connectivity index (χ0v) is 15.4. The average molecular weight is 409 g/mol. The van der Waals surface area contributed by atoms with E-state index < -0.39 is 23.4 Å². The van der Waals surface area contributed by atoms with Gasteiger partial charge in [0.2, 0.25) is 0 Å². The Morgan fingerprint density at radius 2 is 1.71 bits per heavy atom. The van der Waals surface area contributed by atoms with Gasteiger partial charge in [0.25, 0.3) is 0 Å². The van der Waals surface area contributed by atoms with Gasteiger partial charge in [-0.05, 0) is 54.9 Å². The lowest BCUT2D eigenvalue weighted by atomic mass is 10.1. The van der Waals surface area contributed by atoms with Crippen molar-refractivity contribution in [3.63, 3.8) is 0 Å². The highest BCUT2D eigenvalue weighted by atomic mass is 79.9. The molecule has 0 spiro atoms. The molecule has 2 rings (SSSR count). The second-order valence-corrected chi connectivity index (χ2v) is 7.47. The summed E-state index contributed by atoms with van der Waals surface area (Å²) in [6.45, 7) is 7.07. The number of alkyl halides is 3. The summed E-state index contributed by atoms with van der Waals surface area (Å²) < 4.78 is 44.6. The number of benzene rings is 1. The van der Waals surface area contributed by atoms with Crippen LogP contribution in [0.4, 0.5) is 23.7 Å². The number of amides is 1. The molecular formula is C16H20BrF3N2O2. The van der Waals surface area contributed by atoms with Crippen LogP contribution in [-0.4, -0.2) is 42.8 Å². The van der Waals surface area contributed by atoms with Crippen LogP contribution in [0.3, 0.4) is 0 Å². The third kappa shape index (κ3) is 4.78. The van der Waals surface area contributed by atoms with Gasteiger partial charge in [-0.2, -0.15) is 13.2 Å². The molecule has 0 unspecified atom stereocenters. The van der Waals surface area contributed by atoms with Crippen molar-refractivity contribution >= 4 is 27.7 Å². The summed E-state index contributed by atoms with van der Waals surface area (Å²) in [5.74, 6) is 0. The smallest absolute Gasteiger partial charge is 0.416 e. The van der Waals surface area contributed by atoms with E-state index in [0.29, 0.717) is 36.3 Å². The largest absolute Gasteiger partial charge is 0.444 e. The quantitative estimate of drug-likeness (QED) is 0.684. The topological polar surface area (TPSA) is 32.8 Å². The fourth-order valence-electron chi connectivity index (χ4n) is 2.39. The number of hydrogen-bond donors (Lipinski definition) is 0. The SMILES string of the molecule is CC(C)(C)OC(=O)N1CCN(c2cc(C(F)(F)F)ccc2Br)CC1. The zero-order valence-electron chi connectivity index (χ0n) is 13.8. The van der Waals surface area contributed by atoms with E-state index in [4.69, 9.17) is 4.74 Å². The van der Waals surface area contributed by atoms with Crippen molar-refractivity contribution in [2.75, 3.05) is 31.1 Å². The van der Waals surface area contributed by atoms with Crippen LogP contribution in [0, 0.1) is 0 Å². The van der Waals surface area contributed by atoms with E-state index in [9.17, 15) is 18.0 Å². The maximum Gasteiger partial charge on any atom is 0.416 e. The molecule has 1 aromatic carbocycles. The Kier molecular flexibility index (Phi) is 5.37. The summed E-state index contributed by atoms with van der Waals surface area (Å²) in [6.07, 6.45) is -4.78. The van der Waals surface area contributed by atoms with Gasteiger partial charge in [0.05, 0.1) is 11.3 Å². The third-order valence-corrected chi connectivity index (χ3v) is 4.22. The van der Waals surface area contributed by atoms with Crippen molar-refractivity contribution in [1.82, 2.24) is 4.90 Å². The number of carbonyl (C=O) groups is 1. The summed E-state index contributed by atoms with van der Waals surface area (Å²) in [4.78, 5) is 15.4. The molecule has 134 valence electrons. The first-order valence-electron chi connectivity index (χ1n) is 7.57. The van der Waals surface area contributed by atoms with Crippen molar-refractivity contribution in [2.24, 2.45) is 0 Å². The van der Waals surface area contributed by atoms with Crippen LogP contribution >= 0.6 is 15.9 Å². The molecule has 1 aliphatic rings. The van der Waals surface area contributed by atoms with Crippen molar-refractivity contribution in [3.8, 4) is 0 Å². The Morgan fingerprint density at radius 1 is 1.12 bits per heavy atom. The molecule has 1 aliphatic heterocycles. The normalized spacial score (nSPS) is 16.3. The molecule has 0 aromatic heterocycles. The number of hydrogen-bond acceptors (Lipinski definition) is 3. The molecule has 0 N–H and O–H groups in total. The second kappa shape index (κ2) is 6.82. The molecule has 24 heavy (non-hydrogen) atoms. The molecule has 0 bridgehead atoms. The van der Waals surface area contributed by atoms with E-state index in [1.165, 1.54) is 6.07 Å². The van der Waals surface area contributed by atoms with Crippen LogP contribution in [-0.2, 0) is 10.9 Å². The Bertz CT molecular complexity index is 606. The minimum Gasteiger partial charge on any atom is -0.444 e. The van der Waals surface area contributed by atoms with E-state index >= 15 is 0 Å². The summed E-state index contributed by atoms with van der Waals surface area (Å²) in [7, 11) is 0. The van der Waals surface area contributed by atoms with Gasteiger partial charge in [0, 0.05) is 30.7 Å². The predicted octanol–water partition coefficient (Wildman–Crippen LogP) is 4.53. The molecule has 8 heteroatoms.